The van der Waals surface area contributed by atoms with Crippen molar-refractivity contribution in [2.75, 3.05) is 47.5 Å². The number of esters is 4. The van der Waals surface area contributed by atoms with Gasteiger partial charge >= 0.3 is 31.7 Å². The predicted octanol–water partition coefficient (Wildman–Crippen LogP) is 15.7. The second-order valence-electron chi connectivity index (χ2n) is 31.7. The number of allylic oxidation sites excluding steroid dienone is 2. The van der Waals surface area contributed by atoms with Gasteiger partial charge in [-0.15, -0.1) is 0 Å². The van der Waals surface area contributed by atoms with E-state index in [9.17, 15) is 28.6 Å². The molecular formula is C70H117NO12P+. The predicted molar refractivity (Wildman–Crippen MR) is 330 cm³/mol. The molecule has 84 heavy (non-hydrogen) atoms. The first-order chi connectivity index (χ1) is 39.5. The van der Waals surface area contributed by atoms with E-state index in [-0.39, 0.29) is 55.3 Å². The summed E-state index contributed by atoms with van der Waals surface area (Å²) in [7, 11) is 1.16. The molecule has 0 aliphatic heterocycles. The first kappa shape index (κ1) is 67.4. The van der Waals surface area contributed by atoms with E-state index in [1.807, 2.05) is 21.1 Å². The summed E-state index contributed by atoms with van der Waals surface area (Å²) in [5.74, 6) is 6.54. The molecule has 0 radical (unpaired) electrons. The van der Waals surface area contributed by atoms with Crippen molar-refractivity contribution in [3.8, 4) is 0 Å². The van der Waals surface area contributed by atoms with Crippen molar-refractivity contribution >= 4 is 31.7 Å². The molecule has 1 N–H and O–H groups in total. The molecule has 13 nitrogen and oxygen atoms in total. The summed E-state index contributed by atoms with van der Waals surface area (Å²) in [5.41, 5.74) is 3.93. The maximum Gasteiger partial charge on any atom is 0.472 e. The SMILES string of the molecule is CC(C)CCC[C@@H](C)[C@H]1CC[C@H]2[C@@H]3CC=C4C[C@H](OC(=O)CCC(=O)OCC(COP(=O)(O)OCC[N+](C)(C)C)OC(=O)CCC(=O)O[C@H]5CC[C@@]6(C)C(=CC[C@H]7[C@@H]8CC[C@H]([C@H](C)CCCC(C)C)[C@@]8(C)CC[C@@H]76)C5)CC[C@]4(C)[C@H]3CC[C@]12C. The summed E-state index contributed by atoms with van der Waals surface area (Å²) < 4.78 is 47.1. The van der Waals surface area contributed by atoms with Crippen LogP contribution in [-0.4, -0.2) is 99.1 Å². The van der Waals surface area contributed by atoms with Crippen molar-refractivity contribution in [2.45, 2.75) is 254 Å². The van der Waals surface area contributed by atoms with Gasteiger partial charge in [-0.1, -0.05) is 131 Å². The number of carbonyl (C=O) groups is 4. The number of hydrogen-bond donors (Lipinski definition) is 1. The van der Waals surface area contributed by atoms with E-state index in [0.717, 1.165) is 92.3 Å². The van der Waals surface area contributed by atoms with Crippen LogP contribution in [0.1, 0.15) is 236 Å². The van der Waals surface area contributed by atoms with E-state index in [0.29, 0.717) is 52.0 Å². The average Bonchev–Trinajstić information content (AvgIpc) is 2.07. The minimum absolute atomic E-state index is 0.0659. The summed E-state index contributed by atoms with van der Waals surface area (Å²) in [5, 5.41) is 0. The maximum absolute atomic E-state index is 13.4. The number of ether oxygens (including phenoxy) is 4. The number of phosphoric acid groups is 1. The van der Waals surface area contributed by atoms with Gasteiger partial charge in [0, 0.05) is 12.8 Å². The van der Waals surface area contributed by atoms with Crippen LogP contribution in [0, 0.1) is 92.7 Å². The molecule has 0 bridgehead atoms. The van der Waals surface area contributed by atoms with Gasteiger partial charge < -0.3 is 28.3 Å². The third kappa shape index (κ3) is 16.1. The van der Waals surface area contributed by atoms with Crippen molar-refractivity contribution in [1.82, 2.24) is 0 Å². The van der Waals surface area contributed by atoms with Crippen LogP contribution in [0.25, 0.3) is 0 Å². The van der Waals surface area contributed by atoms with Crippen molar-refractivity contribution in [1.29, 1.82) is 0 Å². The Morgan fingerprint density at radius 3 is 1.48 bits per heavy atom. The smallest absolute Gasteiger partial charge is 0.462 e. The Balaban J connectivity index is 0.781. The molecule has 0 saturated heterocycles. The Bertz CT molecular complexity index is 2380. The Morgan fingerprint density at radius 2 is 1.02 bits per heavy atom. The molecular weight excluding hydrogens is 1080 g/mol. The Hall–Kier alpha value is -2.57. The topological polar surface area (TPSA) is 161 Å². The van der Waals surface area contributed by atoms with Crippen LogP contribution < -0.4 is 0 Å². The lowest BCUT2D eigenvalue weighted by molar-refractivity contribution is -0.870. The molecule has 0 aromatic rings. The molecule has 8 aliphatic rings. The molecule has 14 heteroatoms. The second kappa shape index (κ2) is 28.1. The van der Waals surface area contributed by atoms with E-state index in [1.54, 1.807) is 0 Å². The highest BCUT2D eigenvalue weighted by molar-refractivity contribution is 7.47. The molecule has 6 fully saturated rings. The van der Waals surface area contributed by atoms with Crippen LogP contribution in [0.2, 0.25) is 0 Å². The molecule has 0 heterocycles. The molecule has 6 saturated carbocycles. The van der Waals surface area contributed by atoms with Gasteiger partial charge in [0.05, 0.1) is 53.4 Å². The minimum atomic E-state index is -4.59. The summed E-state index contributed by atoms with van der Waals surface area (Å²) in [4.78, 5) is 63.7. The molecule has 0 spiro atoms. The lowest BCUT2D eigenvalue weighted by atomic mass is 9.47. The first-order valence-electron chi connectivity index (χ1n) is 34.1. The summed E-state index contributed by atoms with van der Waals surface area (Å²) in [6.45, 7) is 23.9. The molecule has 478 valence electrons. The third-order valence-corrected chi connectivity index (χ3v) is 25.3. The van der Waals surface area contributed by atoms with E-state index >= 15 is 0 Å². The lowest BCUT2D eigenvalue weighted by Crippen LogP contribution is -2.51. The lowest BCUT2D eigenvalue weighted by Gasteiger charge is -2.58. The Kier molecular flexibility index (Phi) is 22.5. The normalized spacial score (nSPS) is 36.2. The van der Waals surface area contributed by atoms with Gasteiger partial charge in [-0.2, -0.15) is 0 Å². The Labute approximate surface area is 508 Å². The highest BCUT2D eigenvalue weighted by Gasteiger charge is 2.61. The van der Waals surface area contributed by atoms with Gasteiger partial charge in [-0.05, 0) is 183 Å². The first-order valence-corrected chi connectivity index (χ1v) is 35.6. The van der Waals surface area contributed by atoms with Crippen LogP contribution in [-0.2, 0) is 51.7 Å². The van der Waals surface area contributed by atoms with Gasteiger partial charge in [0.2, 0.25) is 0 Å². The molecule has 8 aliphatic carbocycles. The quantitative estimate of drug-likeness (QED) is 0.0260. The third-order valence-electron chi connectivity index (χ3n) is 24.4. The number of fused-ring (bicyclic) bond motifs is 10. The second-order valence-corrected chi connectivity index (χ2v) is 33.1. The summed E-state index contributed by atoms with van der Waals surface area (Å²) in [6, 6.07) is 0. The van der Waals surface area contributed by atoms with E-state index in [4.69, 9.17) is 28.0 Å². The highest BCUT2D eigenvalue weighted by atomic mass is 31.2. The van der Waals surface area contributed by atoms with Gasteiger partial charge in [-0.25, -0.2) is 4.57 Å². The number of likely N-dealkylation sites (N-methyl/N-ethyl adjacent to an activating group) is 1. The van der Waals surface area contributed by atoms with Crippen molar-refractivity contribution in [3.05, 3.63) is 23.3 Å². The molecule has 2 unspecified atom stereocenters. The van der Waals surface area contributed by atoms with Crippen LogP contribution in [0.3, 0.4) is 0 Å². The van der Waals surface area contributed by atoms with Crippen molar-refractivity contribution in [2.24, 2.45) is 92.7 Å². The Morgan fingerprint density at radius 1 is 0.571 bits per heavy atom. The fraction of sp³-hybridized carbons (Fsp3) is 0.886. The zero-order valence-electron chi connectivity index (χ0n) is 54.9. The molecule has 0 aromatic heterocycles. The molecule has 8 rings (SSSR count). The maximum atomic E-state index is 13.4. The van der Waals surface area contributed by atoms with Gasteiger partial charge in [0.25, 0.3) is 0 Å². The van der Waals surface area contributed by atoms with Gasteiger partial charge in [0.1, 0.15) is 32.0 Å². The van der Waals surface area contributed by atoms with Gasteiger partial charge in [-0.3, -0.25) is 28.2 Å². The molecule has 0 amide bonds. The van der Waals surface area contributed by atoms with E-state index in [2.05, 4.69) is 81.4 Å². The van der Waals surface area contributed by atoms with Crippen LogP contribution in [0.4, 0.5) is 0 Å². The fourth-order valence-electron chi connectivity index (χ4n) is 19.7. The standard InChI is InChI=1S/C70H116NO12P/c1-46(2)16-14-18-48(5)57-24-26-59-55-22-20-50-42-52(32-36-67(50,7)61(55)34-38-69(57,59)9)81-64(73)29-28-63(72)78-44-54(45-80-84(76,77)79-41-40-71(11,12)13)83-66(75)31-30-65(74)82-53-33-37-68(8)51(43-53)21-23-56-60-27-25-58(49(6)19-15-17-47(3)4)70(60,10)39-35-62(56)68/h20-21,46-49,52-62H,14-19,22-45H2,1-13H3/p+1/t48-,49-,52-,53+,54?,55+,56+,57-,58-,59+,60+,61+,62+,67+,68+,69-,70-/m1/s1. The van der Waals surface area contributed by atoms with Crippen molar-refractivity contribution in [3.63, 3.8) is 0 Å². The van der Waals surface area contributed by atoms with Crippen LogP contribution in [0.5, 0.6) is 0 Å². The monoisotopic (exact) mass is 1190 g/mol. The number of hydrogen-bond acceptors (Lipinski definition) is 11. The number of nitrogens with zero attached hydrogens (tertiary/aromatic N) is 1. The molecule has 18 atom stereocenters. The molecule has 0 aromatic carbocycles. The number of carbonyl (C=O) groups excluding carboxylic acids is 4. The zero-order chi connectivity index (χ0) is 61.0. The number of quaternary nitrogens is 1. The largest absolute Gasteiger partial charge is 0.472 e. The zero-order valence-corrected chi connectivity index (χ0v) is 55.8. The highest BCUT2D eigenvalue weighted by Crippen LogP contribution is 2.69. The summed E-state index contributed by atoms with van der Waals surface area (Å²) in [6.07, 6.45) is 28.0. The van der Waals surface area contributed by atoms with E-state index < -0.39 is 51.0 Å². The average molecular weight is 1200 g/mol. The van der Waals surface area contributed by atoms with E-state index in [1.165, 1.54) is 101 Å². The minimum Gasteiger partial charge on any atom is -0.462 e. The van der Waals surface area contributed by atoms with Gasteiger partial charge in [0.15, 0.2) is 6.10 Å². The number of rotatable bonds is 28. The van der Waals surface area contributed by atoms with Crippen LogP contribution in [0.15, 0.2) is 23.3 Å². The van der Waals surface area contributed by atoms with Crippen LogP contribution >= 0.6 is 7.82 Å². The summed E-state index contributed by atoms with van der Waals surface area (Å²) >= 11 is 0. The van der Waals surface area contributed by atoms with Crippen molar-refractivity contribution < 1.29 is 61.1 Å². The fourth-order valence-corrected chi connectivity index (χ4v) is 20.4. The number of phosphoric ester groups is 1.